The van der Waals surface area contributed by atoms with Crippen LogP contribution >= 0.6 is 23.8 Å². The highest BCUT2D eigenvalue weighted by molar-refractivity contribution is 7.80. The van der Waals surface area contributed by atoms with Crippen LogP contribution in [0.5, 0.6) is 0 Å². The first-order chi connectivity index (χ1) is 11.9. The molecule has 2 N–H and O–H groups in total. The molecule has 0 spiro atoms. The Morgan fingerprint density at radius 1 is 1.40 bits per heavy atom. The number of hydrogen-bond acceptors (Lipinski definition) is 4. The van der Waals surface area contributed by atoms with Gasteiger partial charge in [0.05, 0.1) is 10.9 Å². The number of amides is 1. The van der Waals surface area contributed by atoms with Crippen LogP contribution in [0.15, 0.2) is 36.0 Å². The number of nitrogens with zero attached hydrogens (tertiary/aromatic N) is 2. The van der Waals surface area contributed by atoms with Gasteiger partial charge in [0.15, 0.2) is 0 Å². The van der Waals surface area contributed by atoms with Crippen molar-refractivity contribution < 1.29 is 4.79 Å². The molecule has 1 aromatic carbocycles. The van der Waals surface area contributed by atoms with E-state index >= 15 is 0 Å². The Bertz CT molecular complexity index is 723. The number of hydrogen-bond donors (Lipinski definition) is 2. The monoisotopic (exact) mass is 378 g/mol. The Labute approximate surface area is 159 Å². The highest BCUT2D eigenvalue weighted by atomic mass is 35.5. The Kier molecular flexibility index (Phi) is 5.32. The summed E-state index contributed by atoms with van der Waals surface area (Å²) in [6.45, 7) is 2.78. The largest absolute Gasteiger partial charge is 0.368 e. The molecule has 134 valence electrons. The van der Waals surface area contributed by atoms with Crippen molar-refractivity contribution in [3.05, 3.63) is 41.6 Å². The van der Waals surface area contributed by atoms with Gasteiger partial charge >= 0.3 is 0 Å². The van der Waals surface area contributed by atoms with Crippen LogP contribution in [0.25, 0.3) is 0 Å². The first-order valence-electron chi connectivity index (χ1n) is 8.41. The van der Waals surface area contributed by atoms with Crippen LogP contribution in [-0.2, 0) is 11.2 Å². The van der Waals surface area contributed by atoms with Gasteiger partial charge in [-0.25, -0.2) is 5.43 Å². The van der Waals surface area contributed by atoms with Crippen LogP contribution < -0.4 is 10.7 Å². The first-order valence-corrected chi connectivity index (χ1v) is 9.26. The van der Waals surface area contributed by atoms with Gasteiger partial charge in [0, 0.05) is 37.9 Å². The number of thiocarbonyl (C=S) groups is 1. The molecule has 3 atom stereocenters. The standard InChI is InChI=1S/C18H23ClN4OS/c1-4-11-7-5-6-8-13(11)20-17(24)16-12(10-22(2)18(16)25)14-9-15(19)21-23(14)3/h5-9,12,15-16,21H,4,10H2,1-3H3,(H,20,24)/t12-,15?,16+/m1/s1. The SMILES string of the molecule is CCc1ccccc1NC(=O)[C@H]1C(=S)N(C)C[C@@H]1C1=CC(Cl)NN1C. The second-order valence-corrected chi connectivity index (χ2v) is 7.37. The van der Waals surface area contributed by atoms with Gasteiger partial charge in [0.25, 0.3) is 0 Å². The summed E-state index contributed by atoms with van der Waals surface area (Å²) in [5.74, 6) is -0.470. The third kappa shape index (κ3) is 3.52. The normalized spacial score (nSPS) is 26.2. The van der Waals surface area contributed by atoms with Gasteiger partial charge in [-0.05, 0) is 24.1 Å². The smallest absolute Gasteiger partial charge is 0.235 e. The molecule has 7 heteroatoms. The number of halogens is 1. The molecule has 2 aliphatic heterocycles. The van der Waals surface area contributed by atoms with Crippen molar-refractivity contribution in [3.8, 4) is 0 Å². The fourth-order valence-electron chi connectivity index (χ4n) is 3.55. The van der Waals surface area contributed by atoms with Gasteiger partial charge in [-0.2, -0.15) is 0 Å². The van der Waals surface area contributed by atoms with Crippen molar-refractivity contribution >= 4 is 40.4 Å². The highest BCUT2D eigenvalue weighted by Crippen LogP contribution is 2.35. The average Bonchev–Trinajstić information content (AvgIpc) is 3.06. The maximum absolute atomic E-state index is 13.1. The Morgan fingerprint density at radius 3 is 2.76 bits per heavy atom. The lowest BCUT2D eigenvalue weighted by atomic mass is 9.91. The molecule has 1 unspecified atom stereocenters. The first kappa shape index (κ1) is 18.2. The van der Waals surface area contributed by atoms with E-state index in [9.17, 15) is 4.79 Å². The summed E-state index contributed by atoms with van der Waals surface area (Å²) >= 11 is 11.7. The molecule has 0 aromatic heterocycles. The number of rotatable bonds is 4. The molecule has 2 heterocycles. The summed E-state index contributed by atoms with van der Waals surface area (Å²) < 4.78 is 0. The third-order valence-corrected chi connectivity index (χ3v) is 5.64. The van der Waals surface area contributed by atoms with Crippen molar-refractivity contribution in [3.63, 3.8) is 0 Å². The lowest BCUT2D eigenvalue weighted by molar-refractivity contribution is -0.118. The fourth-order valence-corrected chi connectivity index (χ4v) is 4.17. The molecule has 0 aliphatic carbocycles. The lowest BCUT2D eigenvalue weighted by Gasteiger charge is -2.25. The molecule has 3 rings (SSSR count). The fraction of sp³-hybridized carbons (Fsp3) is 0.444. The zero-order valence-electron chi connectivity index (χ0n) is 14.6. The number of hydrazine groups is 1. The van der Waals surface area contributed by atoms with Crippen molar-refractivity contribution in [2.45, 2.75) is 18.8 Å². The van der Waals surface area contributed by atoms with Gasteiger partial charge in [-0.15, -0.1) is 0 Å². The minimum absolute atomic E-state index is 0.0208. The average molecular weight is 379 g/mol. The van der Waals surface area contributed by atoms with E-state index in [1.54, 1.807) is 0 Å². The van der Waals surface area contributed by atoms with E-state index in [2.05, 4.69) is 17.7 Å². The number of aryl methyl sites for hydroxylation is 1. The highest BCUT2D eigenvalue weighted by Gasteiger charge is 2.44. The van der Waals surface area contributed by atoms with E-state index in [1.807, 2.05) is 54.3 Å². The summed E-state index contributed by atoms with van der Waals surface area (Å²) in [7, 11) is 3.85. The molecule has 0 radical (unpaired) electrons. The summed E-state index contributed by atoms with van der Waals surface area (Å²) in [4.78, 5) is 15.7. The van der Waals surface area contributed by atoms with Crippen molar-refractivity contribution in [2.75, 3.05) is 26.0 Å². The van der Waals surface area contributed by atoms with E-state index in [1.165, 1.54) is 0 Å². The minimum atomic E-state index is -0.387. The van der Waals surface area contributed by atoms with Crippen LogP contribution in [-0.4, -0.2) is 46.9 Å². The van der Waals surface area contributed by atoms with E-state index in [0.29, 0.717) is 11.5 Å². The minimum Gasteiger partial charge on any atom is -0.368 e. The molecule has 0 saturated carbocycles. The number of carbonyl (C=O) groups is 1. The van der Waals surface area contributed by atoms with E-state index in [4.69, 9.17) is 23.8 Å². The van der Waals surface area contributed by atoms with Crippen LogP contribution in [0.2, 0.25) is 0 Å². The zero-order valence-corrected chi connectivity index (χ0v) is 16.2. The summed E-state index contributed by atoms with van der Waals surface area (Å²) in [6, 6.07) is 7.88. The molecule has 2 aliphatic rings. The molecular weight excluding hydrogens is 356 g/mol. The summed E-state index contributed by atoms with van der Waals surface area (Å²) in [5.41, 5.74) is 5.83. The summed E-state index contributed by atoms with van der Waals surface area (Å²) in [5, 5.41) is 4.97. The van der Waals surface area contributed by atoms with Crippen LogP contribution in [0, 0.1) is 11.8 Å². The number of likely N-dealkylation sites (tertiary alicyclic amines) is 1. The van der Waals surface area contributed by atoms with E-state index in [0.717, 1.165) is 23.4 Å². The molecule has 1 aromatic rings. The van der Waals surface area contributed by atoms with Gasteiger partial charge < -0.3 is 15.2 Å². The summed E-state index contributed by atoms with van der Waals surface area (Å²) in [6.07, 6.45) is 2.81. The Balaban J connectivity index is 1.86. The van der Waals surface area contributed by atoms with Crippen LogP contribution in [0.1, 0.15) is 12.5 Å². The van der Waals surface area contributed by atoms with Crippen LogP contribution in [0.4, 0.5) is 5.69 Å². The zero-order chi connectivity index (χ0) is 18.1. The molecule has 5 nitrogen and oxygen atoms in total. The molecule has 1 saturated heterocycles. The van der Waals surface area contributed by atoms with Crippen molar-refractivity contribution in [2.24, 2.45) is 11.8 Å². The maximum atomic E-state index is 13.1. The lowest BCUT2D eigenvalue weighted by Crippen LogP contribution is -2.37. The molecule has 1 amide bonds. The number of benzene rings is 1. The van der Waals surface area contributed by atoms with E-state index < -0.39 is 0 Å². The van der Waals surface area contributed by atoms with E-state index in [-0.39, 0.29) is 23.2 Å². The van der Waals surface area contributed by atoms with Crippen LogP contribution in [0.3, 0.4) is 0 Å². The maximum Gasteiger partial charge on any atom is 0.235 e. The number of alkyl halides is 1. The molecular formula is C18H23ClN4OS. The van der Waals surface area contributed by atoms with Gasteiger partial charge in [-0.1, -0.05) is 48.9 Å². The number of nitrogens with one attached hydrogen (secondary N) is 2. The Hall–Kier alpha value is -1.63. The number of carbonyl (C=O) groups excluding carboxylic acids is 1. The number of anilines is 1. The Morgan fingerprint density at radius 2 is 2.12 bits per heavy atom. The second-order valence-electron chi connectivity index (χ2n) is 6.48. The topological polar surface area (TPSA) is 47.6 Å². The third-order valence-electron chi connectivity index (χ3n) is 4.86. The predicted octanol–water partition coefficient (Wildman–Crippen LogP) is 2.59. The van der Waals surface area contributed by atoms with Gasteiger partial charge in [0.1, 0.15) is 5.50 Å². The van der Waals surface area contributed by atoms with Crippen molar-refractivity contribution in [1.82, 2.24) is 15.3 Å². The molecule has 0 bridgehead atoms. The van der Waals surface area contributed by atoms with Crippen molar-refractivity contribution in [1.29, 1.82) is 0 Å². The quantitative estimate of drug-likeness (QED) is 0.479. The van der Waals surface area contributed by atoms with Gasteiger partial charge in [-0.3, -0.25) is 4.79 Å². The predicted molar refractivity (Wildman–Crippen MR) is 105 cm³/mol. The molecule has 1 fully saturated rings. The number of para-hydroxylation sites is 1. The second kappa shape index (κ2) is 7.32. The van der Waals surface area contributed by atoms with Gasteiger partial charge in [0.2, 0.25) is 5.91 Å². The molecule has 25 heavy (non-hydrogen) atoms.